The number of rotatable bonds is 9. The zero-order valence-corrected chi connectivity index (χ0v) is 14.9. The molecule has 0 spiro atoms. The second-order valence-electron chi connectivity index (χ2n) is 5.78. The molecule has 25 heavy (non-hydrogen) atoms. The summed E-state index contributed by atoms with van der Waals surface area (Å²) in [6.45, 7) is 2.62. The van der Waals surface area contributed by atoms with Gasteiger partial charge in [0.25, 0.3) is 6.47 Å². The molecule has 130 valence electrons. The van der Waals surface area contributed by atoms with Crippen LogP contribution in [0.3, 0.4) is 0 Å². The molecule has 0 amide bonds. The van der Waals surface area contributed by atoms with Gasteiger partial charge in [0.05, 0.1) is 21.8 Å². The second-order valence-corrected chi connectivity index (χ2v) is 6.66. The third kappa shape index (κ3) is 4.51. The zero-order valence-electron chi connectivity index (χ0n) is 14.0. The van der Waals surface area contributed by atoms with E-state index < -0.39 is 0 Å². The van der Waals surface area contributed by atoms with Crippen LogP contribution in [0.25, 0.3) is 0 Å². The number of carbonyl (C=O) groups excluding carboxylic acids is 1. The molecule has 2 heterocycles. The molecular formula is C18H20N4O2S. The smallest absolute Gasteiger partial charge is 0.293 e. The molecule has 0 saturated carbocycles. The number of hydrogen-bond acceptors (Lipinski definition) is 6. The third-order valence-electron chi connectivity index (χ3n) is 4.03. The van der Waals surface area contributed by atoms with Crippen LogP contribution in [0.15, 0.2) is 42.0 Å². The molecule has 1 unspecified atom stereocenters. The van der Waals surface area contributed by atoms with Crippen molar-refractivity contribution in [1.82, 2.24) is 20.0 Å². The van der Waals surface area contributed by atoms with E-state index in [0.29, 0.717) is 6.47 Å². The fraction of sp³-hybridized carbons (Fsp3) is 0.333. The number of ether oxygens (including phenoxy) is 1. The summed E-state index contributed by atoms with van der Waals surface area (Å²) in [5, 5.41) is 8.51. The normalized spacial score (nSPS) is 12.0. The first-order valence-corrected chi connectivity index (χ1v) is 9.05. The first-order valence-electron chi connectivity index (χ1n) is 8.18. The van der Waals surface area contributed by atoms with E-state index in [1.165, 1.54) is 16.9 Å². The van der Waals surface area contributed by atoms with Crippen LogP contribution in [0.1, 0.15) is 34.3 Å². The fourth-order valence-electron chi connectivity index (χ4n) is 2.73. The van der Waals surface area contributed by atoms with Crippen LogP contribution in [0.2, 0.25) is 0 Å². The highest BCUT2D eigenvalue weighted by molar-refractivity contribution is 7.09. The van der Waals surface area contributed by atoms with Crippen molar-refractivity contribution < 1.29 is 9.53 Å². The van der Waals surface area contributed by atoms with Gasteiger partial charge in [0.2, 0.25) is 0 Å². The quantitative estimate of drug-likeness (QED) is 0.551. The van der Waals surface area contributed by atoms with E-state index in [1.807, 2.05) is 19.2 Å². The van der Waals surface area contributed by atoms with E-state index in [-0.39, 0.29) is 12.6 Å². The SMILES string of the molecule is Cc1ncsc1C(COC=O)n1cc(CCCc2ccccc2)nn1. The van der Waals surface area contributed by atoms with Crippen LogP contribution in [0.4, 0.5) is 0 Å². The molecule has 0 fully saturated rings. The average molecular weight is 356 g/mol. The highest BCUT2D eigenvalue weighted by Gasteiger charge is 2.20. The summed E-state index contributed by atoms with van der Waals surface area (Å²) in [4.78, 5) is 15.9. The van der Waals surface area contributed by atoms with Gasteiger partial charge in [-0.2, -0.15) is 0 Å². The predicted octanol–water partition coefficient (Wildman–Crippen LogP) is 2.98. The topological polar surface area (TPSA) is 69.9 Å². The van der Waals surface area contributed by atoms with Gasteiger partial charge < -0.3 is 4.74 Å². The van der Waals surface area contributed by atoms with Gasteiger partial charge in [0, 0.05) is 6.20 Å². The minimum atomic E-state index is -0.187. The van der Waals surface area contributed by atoms with Gasteiger partial charge in [0.15, 0.2) is 0 Å². The van der Waals surface area contributed by atoms with E-state index in [9.17, 15) is 4.79 Å². The van der Waals surface area contributed by atoms with Crippen LogP contribution in [-0.4, -0.2) is 33.1 Å². The number of hydrogen-bond donors (Lipinski definition) is 0. The summed E-state index contributed by atoms with van der Waals surface area (Å²) >= 11 is 1.53. The Hall–Kier alpha value is -2.54. The van der Waals surface area contributed by atoms with Gasteiger partial charge in [-0.15, -0.1) is 16.4 Å². The van der Waals surface area contributed by atoms with E-state index >= 15 is 0 Å². The van der Waals surface area contributed by atoms with Crippen LogP contribution < -0.4 is 0 Å². The Morgan fingerprint density at radius 3 is 2.84 bits per heavy atom. The van der Waals surface area contributed by atoms with Crippen molar-refractivity contribution in [3.05, 3.63) is 63.9 Å². The van der Waals surface area contributed by atoms with Gasteiger partial charge in [-0.3, -0.25) is 4.79 Å². The standard InChI is InChI=1S/C18H20N4O2S/c1-14-18(25-12-19-14)17(11-24-13-23)22-10-16(20-21-22)9-5-8-15-6-3-2-4-7-15/h2-4,6-7,10,12-13,17H,5,8-9,11H2,1H3. The van der Waals surface area contributed by atoms with Gasteiger partial charge in [-0.1, -0.05) is 35.5 Å². The van der Waals surface area contributed by atoms with Gasteiger partial charge >= 0.3 is 0 Å². The van der Waals surface area contributed by atoms with Gasteiger partial charge in [-0.05, 0) is 31.7 Å². The van der Waals surface area contributed by atoms with Crippen molar-refractivity contribution in [2.24, 2.45) is 0 Å². The predicted molar refractivity (Wildman–Crippen MR) is 95.5 cm³/mol. The molecule has 0 aliphatic carbocycles. The number of carbonyl (C=O) groups is 1. The van der Waals surface area contributed by atoms with Crippen molar-refractivity contribution in [3.8, 4) is 0 Å². The van der Waals surface area contributed by atoms with Gasteiger partial charge in [-0.25, -0.2) is 9.67 Å². The maximum atomic E-state index is 10.6. The Morgan fingerprint density at radius 1 is 1.28 bits per heavy atom. The number of benzene rings is 1. The lowest BCUT2D eigenvalue weighted by molar-refractivity contribution is -0.129. The lowest BCUT2D eigenvalue weighted by Crippen LogP contribution is -2.17. The molecule has 0 bridgehead atoms. The molecule has 2 aromatic heterocycles. The maximum absolute atomic E-state index is 10.6. The number of aryl methyl sites for hydroxylation is 3. The van der Waals surface area contributed by atoms with Crippen molar-refractivity contribution in [3.63, 3.8) is 0 Å². The molecule has 1 atom stereocenters. The van der Waals surface area contributed by atoms with Crippen LogP contribution >= 0.6 is 11.3 Å². The first-order chi connectivity index (χ1) is 12.3. The molecule has 6 nitrogen and oxygen atoms in total. The Labute approximate surface area is 150 Å². The van der Waals surface area contributed by atoms with Crippen LogP contribution in [0.5, 0.6) is 0 Å². The minimum absolute atomic E-state index is 0.187. The highest BCUT2D eigenvalue weighted by atomic mass is 32.1. The second kappa shape index (κ2) is 8.53. The lowest BCUT2D eigenvalue weighted by atomic mass is 10.1. The van der Waals surface area contributed by atoms with E-state index in [1.54, 1.807) is 10.2 Å². The number of thiazole rings is 1. The van der Waals surface area contributed by atoms with Crippen molar-refractivity contribution in [1.29, 1.82) is 0 Å². The molecule has 1 aromatic carbocycles. The minimum Gasteiger partial charge on any atom is -0.465 e. The van der Waals surface area contributed by atoms with Crippen molar-refractivity contribution in [2.75, 3.05) is 6.61 Å². The summed E-state index contributed by atoms with van der Waals surface area (Å²) in [5.74, 6) is 0. The van der Waals surface area contributed by atoms with E-state index in [2.05, 4.69) is 39.6 Å². The molecule has 0 aliphatic rings. The highest BCUT2D eigenvalue weighted by Crippen LogP contribution is 2.25. The Kier molecular flexibility index (Phi) is 5.90. The average Bonchev–Trinajstić information content (AvgIpc) is 3.26. The molecule has 0 radical (unpaired) electrons. The molecule has 0 aliphatic heterocycles. The number of aromatic nitrogens is 4. The molecule has 7 heteroatoms. The molecule has 3 aromatic rings. The summed E-state index contributed by atoms with van der Waals surface area (Å²) in [7, 11) is 0. The Morgan fingerprint density at radius 2 is 2.12 bits per heavy atom. The summed E-state index contributed by atoms with van der Waals surface area (Å²) in [6, 6.07) is 10.2. The molecular weight excluding hydrogens is 336 g/mol. The summed E-state index contributed by atoms with van der Waals surface area (Å²) in [5.41, 5.74) is 4.98. The molecule has 0 N–H and O–H groups in total. The van der Waals surface area contributed by atoms with E-state index in [4.69, 9.17) is 4.74 Å². The summed E-state index contributed by atoms with van der Waals surface area (Å²) in [6.07, 6.45) is 4.82. The van der Waals surface area contributed by atoms with Crippen LogP contribution in [-0.2, 0) is 22.4 Å². The lowest BCUT2D eigenvalue weighted by Gasteiger charge is -2.14. The summed E-state index contributed by atoms with van der Waals surface area (Å²) < 4.78 is 6.75. The fourth-order valence-corrected chi connectivity index (χ4v) is 3.61. The van der Waals surface area contributed by atoms with Crippen molar-refractivity contribution >= 4 is 17.8 Å². The Bertz CT molecular complexity index is 800. The number of nitrogens with zero attached hydrogens (tertiary/aromatic N) is 4. The molecule has 3 rings (SSSR count). The first kappa shape index (κ1) is 17.3. The zero-order chi connectivity index (χ0) is 17.5. The van der Waals surface area contributed by atoms with E-state index in [0.717, 1.165) is 35.5 Å². The third-order valence-corrected chi connectivity index (χ3v) is 5.06. The van der Waals surface area contributed by atoms with Crippen LogP contribution in [0, 0.1) is 6.92 Å². The van der Waals surface area contributed by atoms with Gasteiger partial charge in [0.1, 0.15) is 12.6 Å². The van der Waals surface area contributed by atoms with Crippen molar-refractivity contribution in [2.45, 2.75) is 32.2 Å². The largest absolute Gasteiger partial charge is 0.465 e. The Balaban J connectivity index is 1.65. The molecule has 0 saturated heterocycles. The monoisotopic (exact) mass is 356 g/mol. The maximum Gasteiger partial charge on any atom is 0.293 e.